The Kier molecular flexibility index (Phi) is 8.32. The number of benzene rings is 1. The maximum absolute atomic E-state index is 4.39. The highest BCUT2D eigenvalue weighted by Crippen LogP contribution is 2.37. The van der Waals surface area contributed by atoms with Gasteiger partial charge in [-0.05, 0) is 61.5 Å². The van der Waals surface area contributed by atoms with Crippen molar-refractivity contribution in [2.75, 3.05) is 0 Å². The molecule has 1 fully saturated rings. The van der Waals surface area contributed by atoms with Crippen LogP contribution >= 0.6 is 11.3 Å². The lowest BCUT2D eigenvalue weighted by molar-refractivity contribution is 0.308. The monoisotopic (exact) mass is 384 g/mol. The molecule has 1 aromatic heterocycles. The molecule has 1 aromatic carbocycles. The van der Waals surface area contributed by atoms with Crippen molar-refractivity contribution in [1.82, 2.24) is 10.2 Å². The summed E-state index contributed by atoms with van der Waals surface area (Å²) < 4.78 is 0. The van der Waals surface area contributed by atoms with Crippen LogP contribution in [-0.4, -0.2) is 10.2 Å². The zero-order valence-electron chi connectivity index (χ0n) is 17.3. The third kappa shape index (κ3) is 6.41. The second-order valence-electron chi connectivity index (χ2n) is 8.29. The van der Waals surface area contributed by atoms with Crippen LogP contribution in [0.15, 0.2) is 24.3 Å². The molecule has 0 aliphatic heterocycles. The van der Waals surface area contributed by atoms with Crippen LogP contribution in [0, 0.1) is 5.92 Å². The van der Waals surface area contributed by atoms with Crippen LogP contribution in [0.5, 0.6) is 0 Å². The fraction of sp³-hybridized carbons (Fsp3) is 0.667. The average Bonchev–Trinajstić information content (AvgIpc) is 3.16. The summed E-state index contributed by atoms with van der Waals surface area (Å²) in [6.45, 7) is 4.56. The van der Waals surface area contributed by atoms with Crippen LogP contribution in [0.2, 0.25) is 0 Å². The van der Waals surface area contributed by atoms with Crippen molar-refractivity contribution in [3.8, 4) is 0 Å². The van der Waals surface area contributed by atoms with Crippen molar-refractivity contribution < 1.29 is 0 Å². The molecule has 0 spiro atoms. The zero-order valence-corrected chi connectivity index (χ0v) is 18.1. The van der Waals surface area contributed by atoms with Crippen LogP contribution in [0.3, 0.4) is 0 Å². The fourth-order valence-electron chi connectivity index (χ4n) is 4.42. The molecule has 0 N–H and O–H groups in total. The molecule has 1 saturated carbocycles. The lowest BCUT2D eigenvalue weighted by atomic mass is 9.77. The predicted octanol–water partition coefficient (Wildman–Crippen LogP) is 7.13. The van der Waals surface area contributed by atoms with E-state index in [2.05, 4.69) is 48.3 Å². The number of hydrogen-bond acceptors (Lipinski definition) is 3. The van der Waals surface area contributed by atoms with Gasteiger partial charge in [-0.15, -0.1) is 21.5 Å². The van der Waals surface area contributed by atoms with E-state index in [9.17, 15) is 0 Å². The summed E-state index contributed by atoms with van der Waals surface area (Å²) in [7, 11) is 0. The van der Waals surface area contributed by atoms with Gasteiger partial charge in [-0.3, -0.25) is 0 Å². The molecule has 27 heavy (non-hydrogen) atoms. The Hall–Kier alpha value is -1.22. The minimum Gasteiger partial charge on any atom is -0.144 e. The van der Waals surface area contributed by atoms with Gasteiger partial charge in [-0.2, -0.15) is 0 Å². The quantitative estimate of drug-likeness (QED) is 0.407. The normalized spacial score (nSPS) is 20.1. The Balaban J connectivity index is 1.44. The van der Waals surface area contributed by atoms with Gasteiger partial charge in [0.15, 0.2) is 0 Å². The highest BCUT2D eigenvalue weighted by molar-refractivity contribution is 7.11. The number of nitrogens with zero attached hydrogens (tertiary/aromatic N) is 2. The maximum atomic E-state index is 4.39. The van der Waals surface area contributed by atoms with Gasteiger partial charge in [-0.25, -0.2) is 0 Å². The van der Waals surface area contributed by atoms with E-state index in [1.54, 1.807) is 5.56 Å². The first-order valence-electron chi connectivity index (χ1n) is 11.2. The van der Waals surface area contributed by atoms with Crippen LogP contribution in [0.4, 0.5) is 0 Å². The lowest BCUT2D eigenvalue weighted by Crippen LogP contribution is -2.13. The minimum absolute atomic E-state index is 0.793. The molecule has 0 radical (unpaired) electrons. The van der Waals surface area contributed by atoms with Gasteiger partial charge in [0.05, 0.1) is 0 Å². The number of unbranched alkanes of at least 4 members (excludes halogenated alkanes) is 2. The Morgan fingerprint density at radius 3 is 2.19 bits per heavy atom. The highest BCUT2D eigenvalue weighted by atomic mass is 32.1. The van der Waals surface area contributed by atoms with Crippen molar-refractivity contribution in [3.63, 3.8) is 0 Å². The maximum Gasteiger partial charge on any atom is 0.117 e. The molecule has 0 saturated heterocycles. The smallest absolute Gasteiger partial charge is 0.117 e. The summed E-state index contributed by atoms with van der Waals surface area (Å²) in [4.78, 5) is 0. The first-order chi connectivity index (χ1) is 13.3. The van der Waals surface area contributed by atoms with Crippen molar-refractivity contribution in [2.45, 2.75) is 96.8 Å². The van der Waals surface area contributed by atoms with Crippen molar-refractivity contribution >= 4 is 11.3 Å². The summed E-state index contributed by atoms with van der Waals surface area (Å²) in [5.74, 6) is 1.78. The molecule has 2 aromatic rings. The molecule has 3 rings (SSSR count). The second kappa shape index (κ2) is 10.9. The van der Waals surface area contributed by atoms with E-state index in [1.807, 2.05) is 11.3 Å². The van der Waals surface area contributed by atoms with Gasteiger partial charge >= 0.3 is 0 Å². The van der Waals surface area contributed by atoms with E-state index < -0.39 is 0 Å². The SMILES string of the molecule is CCCCCc1nnc(CCc2ccc(C3CCC(CCC)CC3)cc2)s1. The minimum atomic E-state index is 0.793. The highest BCUT2D eigenvalue weighted by Gasteiger charge is 2.21. The first-order valence-corrected chi connectivity index (χ1v) is 12.0. The van der Waals surface area contributed by atoms with Crippen molar-refractivity contribution in [3.05, 3.63) is 45.4 Å². The molecule has 0 atom stereocenters. The standard InChI is InChI=1S/C24H36N2S/c1-3-5-6-8-23-25-26-24(27-23)18-13-20-11-16-22(17-12-20)21-14-9-19(7-4-2)10-15-21/h11-12,16-17,19,21H,3-10,13-15,18H2,1-2H3. The fourth-order valence-corrected chi connectivity index (χ4v) is 5.30. The molecule has 0 amide bonds. The first kappa shape index (κ1) is 20.5. The molecule has 2 nitrogen and oxygen atoms in total. The third-order valence-electron chi connectivity index (χ3n) is 6.13. The summed E-state index contributed by atoms with van der Waals surface area (Å²) in [6.07, 6.45) is 15.4. The lowest BCUT2D eigenvalue weighted by Gasteiger charge is -2.28. The van der Waals surface area contributed by atoms with Gasteiger partial charge in [0.2, 0.25) is 0 Å². The molecular weight excluding hydrogens is 348 g/mol. The van der Waals surface area contributed by atoms with Crippen molar-refractivity contribution in [1.29, 1.82) is 0 Å². The van der Waals surface area contributed by atoms with Gasteiger partial charge < -0.3 is 0 Å². The predicted molar refractivity (Wildman–Crippen MR) is 117 cm³/mol. The Bertz CT molecular complexity index is 653. The molecule has 1 aliphatic carbocycles. The average molecular weight is 385 g/mol. The summed E-state index contributed by atoms with van der Waals surface area (Å²) in [5.41, 5.74) is 2.99. The number of hydrogen-bond donors (Lipinski definition) is 0. The molecule has 1 heterocycles. The number of aryl methyl sites for hydroxylation is 3. The number of aromatic nitrogens is 2. The topological polar surface area (TPSA) is 25.8 Å². The van der Waals surface area contributed by atoms with E-state index in [4.69, 9.17) is 0 Å². The van der Waals surface area contributed by atoms with Gasteiger partial charge in [0, 0.05) is 12.8 Å². The zero-order chi connectivity index (χ0) is 18.9. The summed E-state index contributed by atoms with van der Waals surface area (Å²) in [5, 5.41) is 11.2. The van der Waals surface area contributed by atoms with Crippen LogP contribution in [0.25, 0.3) is 0 Å². The summed E-state index contributed by atoms with van der Waals surface area (Å²) >= 11 is 1.81. The van der Waals surface area contributed by atoms with E-state index >= 15 is 0 Å². The van der Waals surface area contributed by atoms with E-state index in [1.165, 1.54) is 73.4 Å². The van der Waals surface area contributed by atoms with E-state index in [-0.39, 0.29) is 0 Å². The van der Waals surface area contributed by atoms with E-state index in [0.717, 1.165) is 31.1 Å². The summed E-state index contributed by atoms with van der Waals surface area (Å²) in [6, 6.07) is 9.46. The van der Waals surface area contributed by atoms with Crippen LogP contribution in [-0.2, 0) is 19.3 Å². The molecule has 0 unspecified atom stereocenters. The Labute approximate surface area is 169 Å². The Morgan fingerprint density at radius 1 is 0.815 bits per heavy atom. The molecule has 1 aliphatic rings. The van der Waals surface area contributed by atoms with Crippen LogP contribution < -0.4 is 0 Å². The molecular formula is C24H36N2S. The van der Waals surface area contributed by atoms with Gasteiger partial charge in [0.1, 0.15) is 10.0 Å². The second-order valence-corrected chi connectivity index (χ2v) is 9.44. The molecule has 0 bridgehead atoms. The Morgan fingerprint density at radius 2 is 1.52 bits per heavy atom. The van der Waals surface area contributed by atoms with Crippen LogP contribution in [0.1, 0.15) is 98.7 Å². The van der Waals surface area contributed by atoms with Gasteiger partial charge in [0.25, 0.3) is 0 Å². The molecule has 3 heteroatoms. The van der Waals surface area contributed by atoms with Crippen molar-refractivity contribution in [2.24, 2.45) is 5.92 Å². The third-order valence-corrected chi connectivity index (χ3v) is 7.17. The molecule has 148 valence electrons. The number of rotatable bonds is 10. The van der Waals surface area contributed by atoms with Gasteiger partial charge in [-0.1, -0.05) is 63.8 Å². The van der Waals surface area contributed by atoms with E-state index in [0.29, 0.717) is 0 Å². The largest absolute Gasteiger partial charge is 0.144 e.